The van der Waals surface area contributed by atoms with Crippen LogP contribution >= 0.6 is 15.9 Å². The van der Waals surface area contributed by atoms with Crippen LogP contribution in [0.25, 0.3) is 0 Å². The van der Waals surface area contributed by atoms with Crippen LogP contribution in [0.1, 0.15) is 24.5 Å². The van der Waals surface area contributed by atoms with Crippen molar-refractivity contribution in [1.82, 2.24) is 5.32 Å². The molecular formula is C17H19BrFNO. The number of para-hydroxylation sites is 1. The maximum absolute atomic E-state index is 13.7. The van der Waals surface area contributed by atoms with Crippen LogP contribution in [0.2, 0.25) is 0 Å². The summed E-state index contributed by atoms with van der Waals surface area (Å²) in [4.78, 5) is 0. The Hall–Kier alpha value is -1.39. The quantitative estimate of drug-likeness (QED) is 0.732. The fourth-order valence-corrected chi connectivity index (χ4v) is 2.41. The number of ether oxygens (including phenoxy) is 1. The molecular weight excluding hydrogens is 333 g/mol. The van der Waals surface area contributed by atoms with E-state index in [1.54, 1.807) is 12.1 Å². The van der Waals surface area contributed by atoms with Gasteiger partial charge in [-0.3, -0.25) is 0 Å². The Morgan fingerprint density at radius 3 is 2.76 bits per heavy atom. The number of nitrogens with one attached hydrogen (secondary N) is 1. The van der Waals surface area contributed by atoms with Gasteiger partial charge in [0.25, 0.3) is 0 Å². The standard InChI is InChI=1S/C17H19BrFNO/c1-2-9-20-11-13-5-3-4-6-17(13)21-12-14-10-15(18)7-8-16(14)19/h3-8,10,20H,2,9,11-12H2,1H3. The largest absolute Gasteiger partial charge is 0.488 e. The summed E-state index contributed by atoms with van der Waals surface area (Å²) in [5, 5.41) is 3.35. The molecule has 2 aromatic rings. The molecule has 0 radical (unpaired) electrons. The lowest BCUT2D eigenvalue weighted by atomic mass is 10.2. The van der Waals surface area contributed by atoms with E-state index in [0.717, 1.165) is 35.3 Å². The third-order valence-corrected chi connectivity index (χ3v) is 3.60. The average Bonchev–Trinajstić information content (AvgIpc) is 2.49. The molecule has 1 N–H and O–H groups in total. The first-order valence-corrected chi connectivity index (χ1v) is 7.85. The first kappa shape index (κ1) is 16.0. The molecule has 0 unspecified atom stereocenters. The predicted octanol–water partition coefficient (Wildman–Crippen LogP) is 4.67. The summed E-state index contributed by atoms with van der Waals surface area (Å²) < 4.78 is 20.3. The van der Waals surface area contributed by atoms with Gasteiger partial charge in [0.1, 0.15) is 18.2 Å². The molecule has 4 heteroatoms. The van der Waals surface area contributed by atoms with E-state index in [1.807, 2.05) is 24.3 Å². The molecule has 0 aromatic heterocycles. The first-order valence-electron chi connectivity index (χ1n) is 7.06. The van der Waals surface area contributed by atoms with E-state index in [2.05, 4.69) is 28.2 Å². The van der Waals surface area contributed by atoms with Gasteiger partial charge in [0.15, 0.2) is 0 Å². The zero-order valence-electron chi connectivity index (χ0n) is 12.0. The Morgan fingerprint density at radius 1 is 1.14 bits per heavy atom. The van der Waals surface area contributed by atoms with Crippen molar-refractivity contribution in [3.8, 4) is 5.75 Å². The van der Waals surface area contributed by atoms with Crippen LogP contribution in [0.5, 0.6) is 5.75 Å². The van der Waals surface area contributed by atoms with Gasteiger partial charge in [-0.05, 0) is 37.2 Å². The smallest absolute Gasteiger partial charge is 0.129 e. The van der Waals surface area contributed by atoms with Crippen molar-refractivity contribution < 1.29 is 9.13 Å². The van der Waals surface area contributed by atoms with E-state index < -0.39 is 0 Å². The van der Waals surface area contributed by atoms with Crippen molar-refractivity contribution in [1.29, 1.82) is 0 Å². The second-order valence-corrected chi connectivity index (χ2v) is 5.72. The number of halogens is 2. The summed E-state index contributed by atoms with van der Waals surface area (Å²) >= 11 is 3.35. The highest BCUT2D eigenvalue weighted by Crippen LogP contribution is 2.21. The van der Waals surface area contributed by atoms with Crippen molar-refractivity contribution in [3.05, 3.63) is 63.9 Å². The molecule has 0 atom stereocenters. The maximum Gasteiger partial charge on any atom is 0.129 e. The van der Waals surface area contributed by atoms with Crippen LogP contribution < -0.4 is 10.1 Å². The highest BCUT2D eigenvalue weighted by molar-refractivity contribution is 9.10. The van der Waals surface area contributed by atoms with Gasteiger partial charge < -0.3 is 10.1 Å². The summed E-state index contributed by atoms with van der Waals surface area (Å²) in [5.74, 6) is 0.542. The zero-order chi connectivity index (χ0) is 15.1. The van der Waals surface area contributed by atoms with Gasteiger partial charge in [0.2, 0.25) is 0 Å². The summed E-state index contributed by atoms with van der Waals surface area (Å²) in [6, 6.07) is 12.7. The normalized spacial score (nSPS) is 10.6. The molecule has 0 aliphatic heterocycles. The fourth-order valence-electron chi connectivity index (χ4n) is 2.00. The Kier molecular flexibility index (Phi) is 6.21. The van der Waals surface area contributed by atoms with E-state index in [9.17, 15) is 4.39 Å². The zero-order valence-corrected chi connectivity index (χ0v) is 13.6. The molecule has 2 aromatic carbocycles. The molecule has 0 amide bonds. The Labute approximate surface area is 133 Å². The molecule has 0 saturated carbocycles. The maximum atomic E-state index is 13.7. The Balaban J connectivity index is 2.04. The lowest BCUT2D eigenvalue weighted by Gasteiger charge is -2.12. The lowest BCUT2D eigenvalue weighted by molar-refractivity contribution is 0.296. The molecule has 2 nitrogen and oxygen atoms in total. The molecule has 0 heterocycles. The van der Waals surface area contributed by atoms with Gasteiger partial charge in [-0.2, -0.15) is 0 Å². The van der Waals surface area contributed by atoms with Crippen LogP contribution in [-0.2, 0) is 13.2 Å². The van der Waals surface area contributed by atoms with E-state index in [0.29, 0.717) is 5.56 Å². The highest BCUT2D eigenvalue weighted by Gasteiger charge is 2.06. The summed E-state index contributed by atoms with van der Waals surface area (Å²) in [6.07, 6.45) is 1.09. The van der Waals surface area contributed by atoms with Gasteiger partial charge in [0, 0.05) is 22.1 Å². The van der Waals surface area contributed by atoms with Crippen molar-refractivity contribution in [2.24, 2.45) is 0 Å². The van der Waals surface area contributed by atoms with Crippen LogP contribution in [0, 0.1) is 5.82 Å². The second kappa shape index (κ2) is 8.15. The number of hydrogen-bond acceptors (Lipinski definition) is 2. The van der Waals surface area contributed by atoms with Crippen LogP contribution in [0.15, 0.2) is 46.9 Å². The van der Waals surface area contributed by atoms with E-state index >= 15 is 0 Å². The molecule has 21 heavy (non-hydrogen) atoms. The van der Waals surface area contributed by atoms with E-state index in [-0.39, 0.29) is 12.4 Å². The minimum Gasteiger partial charge on any atom is -0.488 e. The van der Waals surface area contributed by atoms with Gasteiger partial charge in [-0.15, -0.1) is 0 Å². The molecule has 112 valence electrons. The summed E-state index contributed by atoms with van der Waals surface area (Å²) in [7, 11) is 0. The number of benzene rings is 2. The number of hydrogen-bond donors (Lipinski definition) is 1. The molecule has 0 saturated heterocycles. The molecule has 0 bridgehead atoms. The second-order valence-electron chi connectivity index (χ2n) is 4.81. The SMILES string of the molecule is CCCNCc1ccccc1OCc1cc(Br)ccc1F. The molecule has 0 aliphatic carbocycles. The summed E-state index contributed by atoms with van der Waals surface area (Å²) in [5.41, 5.74) is 1.63. The van der Waals surface area contributed by atoms with Crippen molar-refractivity contribution >= 4 is 15.9 Å². The van der Waals surface area contributed by atoms with E-state index in [1.165, 1.54) is 6.07 Å². The van der Waals surface area contributed by atoms with Gasteiger partial charge >= 0.3 is 0 Å². The summed E-state index contributed by atoms with van der Waals surface area (Å²) in [6.45, 7) is 4.07. The molecule has 0 aliphatic rings. The third kappa shape index (κ3) is 4.83. The highest BCUT2D eigenvalue weighted by atomic mass is 79.9. The third-order valence-electron chi connectivity index (χ3n) is 3.11. The van der Waals surface area contributed by atoms with Gasteiger partial charge in [-0.1, -0.05) is 41.1 Å². The molecule has 0 spiro atoms. The van der Waals surface area contributed by atoms with Gasteiger partial charge in [0.05, 0.1) is 0 Å². The fraction of sp³-hybridized carbons (Fsp3) is 0.294. The van der Waals surface area contributed by atoms with Crippen molar-refractivity contribution in [2.45, 2.75) is 26.5 Å². The van der Waals surface area contributed by atoms with Crippen LogP contribution in [-0.4, -0.2) is 6.54 Å². The monoisotopic (exact) mass is 351 g/mol. The first-order chi connectivity index (χ1) is 10.2. The Morgan fingerprint density at radius 2 is 1.95 bits per heavy atom. The molecule has 2 rings (SSSR count). The topological polar surface area (TPSA) is 21.3 Å². The van der Waals surface area contributed by atoms with E-state index in [4.69, 9.17) is 4.74 Å². The van der Waals surface area contributed by atoms with Crippen molar-refractivity contribution in [3.63, 3.8) is 0 Å². The van der Waals surface area contributed by atoms with Gasteiger partial charge in [-0.25, -0.2) is 4.39 Å². The van der Waals surface area contributed by atoms with Crippen LogP contribution in [0.4, 0.5) is 4.39 Å². The predicted molar refractivity (Wildman–Crippen MR) is 86.9 cm³/mol. The molecule has 0 fully saturated rings. The minimum atomic E-state index is -0.250. The lowest BCUT2D eigenvalue weighted by Crippen LogP contribution is -2.14. The minimum absolute atomic E-state index is 0.218. The number of rotatable bonds is 7. The van der Waals surface area contributed by atoms with Crippen molar-refractivity contribution in [2.75, 3.05) is 6.54 Å². The Bertz CT molecular complexity index is 589. The van der Waals surface area contributed by atoms with Crippen LogP contribution in [0.3, 0.4) is 0 Å². The average molecular weight is 352 g/mol.